The predicted molar refractivity (Wildman–Crippen MR) is 67.3 cm³/mol. The van der Waals surface area contributed by atoms with E-state index < -0.39 is 0 Å². The summed E-state index contributed by atoms with van der Waals surface area (Å²) in [6.45, 7) is 6.08. The van der Waals surface area contributed by atoms with Crippen LogP contribution in [0.5, 0.6) is 0 Å². The Hall–Kier alpha value is -1.28. The van der Waals surface area contributed by atoms with Crippen molar-refractivity contribution in [2.24, 2.45) is 0 Å². The maximum atomic E-state index is 6.08. The summed E-state index contributed by atoms with van der Waals surface area (Å²) < 4.78 is 1.92. The number of aryl methyl sites for hydroxylation is 1. The van der Waals surface area contributed by atoms with E-state index in [1.54, 1.807) is 0 Å². The smallest absolute Gasteiger partial charge is 0.0648 e. The second kappa shape index (κ2) is 4.30. The second-order valence-electron chi connectivity index (χ2n) is 4.05. The Morgan fingerprint density at radius 1 is 1.19 bits per heavy atom. The molecule has 0 bridgehead atoms. The number of rotatable bonds is 2. The Morgan fingerprint density at radius 3 is 2.31 bits per heavy atom. The maximum absolute atomic E-state index is 6.08. The van der Waals surface area contributed by atoms with E-state index in [2.05, 4.69) is 36.3 Å². The van der Waals surface area contributed by atoms with Gasteiger partial charge >= 0.3 is 0 Å². The van der Waals surface area contributed by atoms with Gasteiger partial charge in [0.1, 0.15) is 0 Å². The molecule has 1 aromatic carbocycles. The van der Waals surface area contributed by atoms with Crippen LogP contribution in [0.4, 0.5) is 0 Å². The Labute approximate surface area is 101 Å². The minimum absolute atomic E-state index is 0.000742. The molecule has 2 rings (SSSR count). The molecule has 0 aliphatic heterocycles. The molecule has 0 N–H and O–H groups in total. The fraction of sp³-hybridized carbons (Fsp3) is 0.308. The molecule has 0 fully saturated rings. The summed E-state index contributed by atoms with van der Waals surface area (Å²) in [6.07, 6.45) is 1.84. The SMILES string of the molecule is Cc1ccc(-n2ncc(C(C)Cl)c2C)cc1. The molecule has 0 aliphatic carbocycles. The highest BCUT2D eigenvalue weighted by Gasteiger charge is 2.11. The monoisotopic (exact) mass is 234 g/mol. The first-order chi connectivity index (χ1) is 7.59. The van der Waals surface area contributed by atoms with Gasteiger partial charge in [-0.25, -0.2) is 4.68 Å². The topological polar surface area (TPSA) is 17.8 Å². The quantitative estimate of drug-likeness (QED) is 0.723. The molecule has 1 aromatic heterocycles. The number of hydrogen-bond donors (Lipinski definition) is 0. The number of halogens is 1. The van der Waals surface area contributed by atoms with Gasteiger partial charge in [0.2, 0.25) is 0 Å². The summed E-state index contributed by atoms with van der Waals surface area (Å²) in [6, 6.07) is 8.30. The fourth-order valence-corrected chi connectivity index (χ4v) is 1.97. The van der Waals surface area contributed by atoms with Crippen LogP contribution in [-0.4, -0.2) is 9.78 Å². The molecule has 0 aliphatic rings. The average molecular weight is 235 g/mol. The molecular formula is C13H15ClN2. The van der Waals surface area contributed by atoms with Crippen molar-refractivity contribution in [2.75, 3.05) is 0 Å². The van der Waals surface area contributed by atoms with Gasteiger partial charge in [-0.15, -0.1) is 11.6 Å². The number of benzene rings is 1. The highest BCUT2D eigenvalue weighted by molar-refractivity contribution is 6.20. The first-order valence-electron chi connectivity index (χ1n) is 5.35. The number of nitrogens with zero attached hydrogens (tertiary/aromatic N) is 2. The lowest BCUT2D eigenvalue weighted by Gasteiger charge is -2.06. The Balaban J connectivity index is 2.45. The Kier molecular flexibility index (Phi) is 3.01. The normalized spacial score (nSPS) is 12.8. The standard InChI is InChI=1S/C13H15ClN2/c1-9-4-6-12(7-5-9)16-11(3)13(8-15-16)10(2)14/h4-8,10H,1-3H3. The third-order valence-electron chi connectivity index (χ3n) is 2.75. The van der Waals surface area contributed by atoms with E-state index in [-0.39, 0.29) is 5.38 Å². The lowest BCUT2D eigenvalue weighted by atomic mass is 10.2. The van der Waals surface area contributed by atoms with Crippen molar-refractivity contribution in [3.63, 3.8) is 0 Å². The Morgan fingerprint density at radius 2 is 1.81 bits per heavy atom. The van der Waals surface area contributed by atoms with E-state index in [9.17, 15) is 0 Å². The van der Waals surface area contributed by atoms with Gasteiger partial charge in [0, 0.05) is 11.3 Å². The number of hydrogen-bond acceptors (Lipinski definition) is 1. The van der Waals surface area contributed by atoms with Crippen LogP contribution < -0.4 is 0 Å². The van der Waals surface area contributed by atoms with Crippen molar-refractivity contribution in [3.8, 4) is 5.69 Å². The fourth-order valence-electron chi connectivity index (χ4n) is 1.76. The van der Waals surface area contributed by atoms with Crippen LogP contribution in [0.15, 0.2) is 30.5 Å². The molecule has 1 atom stereocenters. The highest BCUT2D eigenvalue weighted by atomic mass is 35.5. The minimum atomic E-state index is -0.000742. The third kappa shape index (κ3) is 1.98. The largest absolute Gasteiger partial charge is 0.238 e. The molecule has 3 heteroatoms. The van der Waals surface area contributed by atoms with Crippen molar-refractivity contribution >= 4 is 11.6 Å². The van der Waals surface area contributed by atoms with Gasteiger partial charge in [0.05, 0.1) is 17.3 Å². The van der Waals surface area contributed by atoms with E-state index >= 15 is 0 Å². The van der Waals surface area contributed by atoms with Gasteiger partial charge in [-0.2, -0.15) is 5.10 Å². The summed E-state index contributed by atoms with van der Waals surface area (Å²) in [7, 11) is 0. The maximum Gasteiger partial charge on any atom is 0.0648 e. The summed E-state index contributed by atoms with van der Waals surface area (Å²) in [5, 5.41) is 4.37. The molecule has 2 aromatic rings. The van der Waals surface area contributed by atoms with Gasteiger partial charge in [-0.05, 0) is 32.9 Å². The average Bonchev–Trinajstić information content (AvgIpc) is 2.61. The highest BCUT2D eigenvalue weighted by Crippen LogP contribution is 2.24. The minimum Gasteiger partial charge on any atom is -0.238 e. The van der Waals surface area contributed by atoms with E-state index in [4.69, 9.17) is 11.6 Å². The molecule has 2 nitrogen and oxygen atoms in total. The number of alkyl halides is 1. The van der Waals surface area contributed by atoms with Crippen LogP contribution in [0.25, 0.3) is 5.69 Å². The first kappa shape index (κ1) is 11.2. The van der Waals surface area contributed by atoms with Crippen molar-refractivity contribution < 1.29 is 0 Å². The zero-order valence-electron chi connectivity index (χ0n) is 9.74. The van der Waals surface area contributed by atoms with E-state index in [0.717, 1.165) is 16.9 Å². The summed E-state index contributed by atoms with van der Waals surface area (Å²) in [5.41, 5.74) is 4.51. The van der Waals surface area contributed by atoms with Crippen molar-refractivity contribution in [1.82, 2.24) is 9.78 Å². The lowest BCUT2D eigenvalue weighted by Crippen LogP contribution is -1.99. The molecule has 1 unspecified atom stereocenters. The molecule has 0 saturated carbocycles. The van der Waals surface area contributed by atoms with Crippen molar-refractivity contribution in [3.05, 3.63) is 47.3 Å². The van der Waals surface area contributed by atoms with Crippen molar-refractivity contribution in [1.29, 1.82) is 0 Å². The molecule has 0 amide bonds. The molecule has 16 heavy (non-hydrogen) atoms. The van der Waals surface area contributed by atoms with Gasteiger partial charge < -0.3 is 0 Å². The number of aromatic nitrogens is 2. The molecule has 0 radical (unpaired) electrons. The first-order valence-corrected chi connectivity index (χ1v) is 5.79. The van der Waals surface area contributed by atoms with Crippen molar-refractivity contribution in [2.45, 2.75) is 26.1 Å². The summed E-state index contributed by atoms with van der Waals surface area (Å²) in [4.78, 5) is 0. The van der Waals surface area contributed by atoms with Gasteiger partial charge in [-0.1, -0.05) is 17.7 Å². The van der Waals surface area contributed by atoms with Crippen LogP contribution in [0.2, 0.25) is 0 Å². The van der Waals surface area contributed by atoms with E-state index in [1.807, 2.05) is 24.7 Å². The molecule has 0 saturated heterocycles. The van der Waals surface area contributed by atoms with Gasteiger partial charge in [-0.3, -0.25) is 0 Å². The van der Waals surface area contributed by atoms with E-state index in [1.165, 1.54) is 5.56 Å². The summed E-state index contributed by atoms with van der Waals surface area (Å²) >= 11 is 6.08. The van der Waals surface area contributed by atoms with Crippen LogP contribution >= 0.6 is 11.6 Å². The molecular weight excluding hydrogens is 220 g/mol. The molecule has 0 spiro atoms. The third-order valence-corrected chi connectivity index (χ3v) is 2.99. The van der Waals surface area contributed by atoms with Crippen LogP contribution in [0, 0.1) is 13.8 Å². The van der Waals surface area contributed by atoms with Gasteiger partial charge in [0.25, 0.3) is 0 Å². The summed E-state index contributed by atoms with van der Waals surface area (Å²) in [5.74, 6) is 0. The van der Waals surface area contributed by atoms with Crippen LogP contribution in [-0.2, 0) is 0 Å². The lowest BCUT2D eigenvalue weighted by molar-refractivity contribution is 0.843. The zero-order chi connectivity index (χ0) is 11.7. The predicted octanol–water partition coefficient (Wildman–Crippen LogP) is 3.79. The Bertz CT molecular complexity index is 483. The van der Waals surface area contributed by atoms with Crippen LogP contribution in [0.1, 0.15) is 29.1 Å². The van der Waals surface area contributed by atoms with E-state index in [0.29, 0.717) is 0 Å². The molecule has 84 valence electrons. The second-order valence-corrected chi connectivity index (χ2v) is 4.70. The van der Waals surface area contributed by atoms with Gasteiger partial charge in [0.15, 0.2) is 0 Å². The zero-order valence-corrected chi connectivity index (χ0v) is 10.5. The molecule has 1 heterocycles. The van der Waals surface area contributed by atoms with Crippen LogP contribution in [0.3, 0.4) is 0 Å².